The number of nitrogens with one attached hydrogen (secondary N) is 1. The summed E-state index contributed by atoms with van der Waals surface area (Å²) in [6, 6.07) is -0.986. The number of nitrogen functional groups attached to an aromatic ring is 1. The molecule has 20 heteroatoms. The number of imidazole rings is 1. The number of thioether (sulfide) groups is 2. The van der Waals surface area contributed by atoms with Crippen LogP contribution >= 0.6 is 46.2 Å². The van der Waals surface area contributed by atoms with Crippen LogP contribution in [0.25, 0.3) is 4.96 Å². The largest absolute Gasteiger partial charge is 1.00 e. The molecule has 198 valence electrons. The van der Waals surface area contributed by atoms with Gasteiger partial charge < -0.3 is 31.5 Å². The van der Waals surface area contributed by atoms with E-state index in [1.807, 2.05) is 0 Å². The van der Waals surface area contributed by atoms with Gasteiger partial charge in [-0.3, -0.25) is 19.3 Å². The van der Waals surface area contributed by atoms with Crippen molar-refractivity contribution in [3.05, 3.63) is 34.2 Å². The summed E-state index contributed by atoms with van der Waals surface area (Å²) in [7, 11) is 1.26. The van der Waals surface area contributed by atoms with E-state index in [0.717, 1.165) is 16.2 Å². The van der Waals surface area contributed by atoms with Crippen LogP contribution in [0.5, 0.6) is 0 Å². The third kappa shape index (κ3) is 5.65. The van der Waals surface area contributed by atoms with Crippen molar-refractivity contribution in [3.8, 4) is 0 Å². The van der Waals surface area contributed by atoms with Crippen molar-refractivity contribution < 1.29 is 58.7 Å². The molecule has 39 heavy (non-hydrogen) atoms. The molecule has 2 aliphatic heterocycles. The predicted molar refractivity (Wildman–Crippen MR) is 137 cm³/mol. The second-order valence-corrected chi connectivity index (χ2v) is 11.8. The van der Waals surface area contributed by atoms with Crippen LogP contribution in [-0.4, -0.2) is 83.9 Å². The average molecular weight is 618 g/mol. The number of carboxylic acids is 1. The number of nitrogens with zero attached hydrogens (tertiary/aromatic N) is 6. The van der Waals surface area contributed by atoms with Crippen molar-refractivity contribution in [1.29, 1.82) is 0 Å². The molecular formula is C19H16N9NaO6S4. The van der Waals surface area contributed by atoms with Crippen molar-refractivity contribution >= 4 is 85.7 Å². The summed E-state index contributed by atoms with van der Waals surface area (Å²) in [5.74, 6) is -2.98. The Labute approximate surface area is 257 Å². The Bertz CT molecular complexity index is 1520. The number of carbonyl (C=O) groups excluding carboxylic acids is 4. The van der Waals surface area contributed by atoms with Crippen LogP contribution in [0.2, 0.25) is 0 Å². The first-order valence-corrected chi connectivity index (χ1v) is 14.2. The quantitative estimate of drug-likeness (QED) is 0.0679. The fourth-order valence-corrected chi connectivity index (χ4v) is 7.65. The number of aromatic nitrogens is 4. The molecule has 0 aliphatic carbocycles. The van der Waals surface area contributed by atoms with Gasteiger partial charge >= 0.3 is 29.6 Å². The van der Waals surface area contributed by atoms with E-state index < -0.39 is 35.1 Å². The first-order valence-electron chi connectivity index (χ1n) is 10.5. The van der Waals surface area contributed by atoms with Crippen LogP contribution in [0, 0.1) is 0 Å². The van der Waals surface area contributed by atoms with Crippen molar-refractivity contribution in [2.75, 3.05) is 24.3 Å². The first-order chi connectivity index (χ1) is 18.2. The van der Waals surface area contributed by atoms with Crippen molar-refractivity contribution in [1.82, 2.24) is 29.8 Å². The van der Waals surface area contributed by atoms with E-state index in [9.17, 15) is 24.3 Å². The second-order valence-electron chi connectivity index (χ2n) is 7.67. The molecule has 0 radical (unpaired) electrons. The number of primary amides is 1. The molecule has 3 aromatic heterocycles. The van der Waals surface area contributed by atoms with E-state index in [-0.39, 0.29) is 69.0 Å². The fraction of sp³-hybridized carbons (Fsp3) is 0.263. The van der Waals surface area contributed by atoms with Crippen LogP contribution in [0.1, 0.15) is 16.2 Å². The number of β-lactam (4-membered cyclic amide) rings is 1. The molecule has 0 saturated carbocycles. The van der Waals surface area contributed by atoms with Crippen LogP contribution in [0.15, 0.2) is 32.3 Å². The smallest absolute Gasteiger partial charge is 0.543 e. The van der Waals surface area contributed by atoms with Gasteiger partial charge in [-0.25, -0.2) is 14.5 Å². The molecule has 15 nitrogen and oxygen atoms in total. The van der Waals surface area contributed by atoms with Crippen LogP contribution in [0.3, 0.4) is 0 Å². The number of amides is 3. The number of anilines is 1. The molecule has 5 rings (SSSR count). The number of fused-ring (bicyclic) bond motifs is 2. The summed E-state index contributed by atoms with van der Waals surface area (Å²) in [5.41, 5.74) is 11.2. The Kier molecular flexibility index (Phi) is 8.88. The third-order valence-electron chi connectivity index (χ3n) is 5.34. The minimum Gasteiger partial charge on any atom is -0.543 e. The molecule has 3 amide bonds. The number of oxime groups is 1. The molecule has 0 aromatic carbocycles. The molecule has 3 aromatic rings. The van der Waals surface area contributed by atoms with Crippen molar-refractivity contribution in [3.63, 3.8) is 0 Å². The molecular weight excluding hydrogens is 602 g/mol. The maximum atomic E-state index is 13.0. The Morgan fingerprint density at radius 1 is 1.33 bits per heavy atom. The maximum absolute atomic E-state index is 13.0. The Balaban J connectivity index is 0.00000353. The van der Waals surface area contributed by atoms with Crippen LogP contribution in [0.4, 0.5) is 5.13 Å². The summed E-state index contributed by atoms with van der Waals surface area (Å²) in [5, 5.41) is 23.7. The number of hydrogen-bond donors (Lipinski definition) is 3. The SMILES string of the molecule is CO/N=C(\C(=O)N[C@@H]1C(=O)N2C(C(=O)[O-])=C(CSc3nn4cc(C(N)=O)nc4s3)CS[C@H]12)c1csc(N)n1.[Na+]. The number of hydrogen-bond acceptors (Lipinski definition) is 15. The minimum absolute atomic E-state index is 0. The van der Waals surface area contributed by atoms with Gasteiger partial charge in [-0.2, -0.15) is 0 Å². The van der Waals surface area contributed by atoms with Gasteiger partial charge in [-0.15, -0.1) is 28.2 Å². The number of aliphatic carboxylic acids is 1. The predicted octanol–water partition coefficient (Wildman–Crippen LogP) is -4.52. The number of nitrogens with two attached hydrogens (primary N) is 2. The average Bonchev–Trinajstić information content (AvgIpc) is 3.58. The van der Waals surface area contributed by atoms with Gasteiger partial charge in [0.1, 0.15) is 29.9 Å². The zero-order valence-electron chi connectivity index (χ0n) is 20.1. The molecule has 1 saturated heterocycles. The minimum atomic E-state index is -1.50. The van der Waals surface area contributed by atoms with Gasteiger partial charge in [0.05, 0.1) is 17.9 Å². The number of carboxylic acid groups (broad SMARTS) is 1. The molecule has 5 heterocycles. The summed E-state index contributed by atoms with van der Waals surface area (Å²) >= 11 is 4.87. The molecule has 0 bridgehead atoms. The van der Waals surface area contributed by atoms with E-state index in [2.05, 4.69) is 25.5 Å². The first kappa shape index (κ1) is 29.3. The zero-order valence-corrected chi connectivity index (χ0v) is 25.4. The van der Waals surface area contributed by atoms with E-state index in [1.54, 1.807) is 0 Å². The van der Waals surface area contributed by atoms with Gasteiger partial charge in [-0.1, -0.05) is 28.3 Å². The molecule has 2 aliphatic rings. The van der Waals surface area contributed by atoms with E-state index >= 15 is 0 Å². The molecule has 1 fully saturated rings. The Hall–Kier alpha value is -2.68. The van der Waals surface area contributed by atoms with Crippen molar-refractivity contribution in [2.24, 2.45) is 10.9 Å². The molecule has 0 spiro atoms. The standard InChI is InChI=1S/C19H17N9O6S4.Na/c1-34-26-9(8-5-36-17(21)22-8)13(30)24-10-14(31)28-11(16(32)33)6(3-35-15(10)28)4-37-19-25-27-2-7(12(20)29)23-18(27)38-19;/h2,5,10,15H,3-4H2,1H3,(H2,20,29)(H2,21,22)(H,24,30)(H,32,33);/q;+1/p-1/b26-9-;/t10-,15-;/m1./s1. The van der Waals surface area contributed by atoms with Gasteiger partial charge in [-0.05, 0) is 5.57 Å². The van der Waals surface area contributed by atoms with Crippen molar-refractivity contribution in [2.45, 2.75) is 15.8 Å². The zero-order chi connectivity index (χ0) is 27.1. The summed E-state index contributed by atoms with van der Waals surface area (Å²) in [4.78, 5) is 63.5. The topological polar surface area (TPSA) is 223 Å². The maximum Gasteiger partial charge on any atom is 1.00 e. The Morgan fingerprint density at radius 2 is 2.10 bits per heavy atom. The van der Waals surface area contributed by atoms with Gasteiger partial charge in [0.2, 0.25) is 4.96 Å². The number of rotatable bonds is 9. The van der Waals surface area contributed by atoms with E-state index in [4.69, 9.17) is 16.3 Å². The summed E-state index contributed by atoms with van der Waals surface area (Å²) < 4.78 is 1.99. The normalized spacial score (nSPS) is 18.8. The molecule has 0 unspecified atom stereocenters. The Morgan fingerprint density at radius 3 is 2.72 bits per heavy atom. The summed E-state index contributed by atoms with van der Waals surface area (Å²) in [6.07, 6.45) is 1.41. The molecule has 5 N–H and O–H groups in total. The van der Waals surface area contributed by atoms with E-state index in [1.165, 1.54) is 58.1 Å². The summed E-state index contributed by atoms with van der Waals surface area (Å²) in [6.45, 7) is 0. The second kappa shape index (κ2) is 11.8. The third-order valence-corrected chi connectivity index (χ3v) is 9.49. The number of thiazole rings is 1. The van der Waals surface area contributed by atoms with Crippen LogP contribution < -0.4 is 51.4 Å². The monoisotopic (exact) mass is 617 g/mol. The molecule has 2 atom stereocenters. The van der Waals surface area contributed by atoms with Gasteiger partial charge in [0.15, 0.2) is 15.2 Å². The van der Waals surface area contributed by atoms with Gasteiger partial charge in [0.25, 0.3) is 17.7 Å². The van der Waals surface area contributed by atoms with E-state index in [0.29, 0.717) is 14.9 Å². The van der Waals surface area contributed by atoms with Crippen LogP contribution in [-0.2, 0) is 19.2 Å². The van der Waals surface area contributed by atoms with Gasteiger partial charge in [0, 0.05) is 16.9 Å². The number of carbonyl (C=O) groups is 4. The fourth-order valence-electron chi connectivity index (χ4n) is 3.69.